The van der Waals surface area contributed by atoms with Crippen molar-refractivity contribution in [3.63, 3.8) is 0 Å². The Hall–Kier alpha value is -1.39. The van der Waals surface area contributed by atoms with Crippen molar-refractivity contribution in [1.29, 1.82) is 0 Å². The third-order valence-corrected chi connectivity index (χ3v) is 3.67. The smallest absolute Gasteiger partial charge is 0.165 e. The molecule has 2 aromatic carbocycles. The van der Waals surface area contributed by atoms with Gasteiger partial charge in [-0.15, -0.1) is 0 Å². The highest BCUT2D eigenvalue weighted by atomic mass is 79.9. The maximum atomic E-state index is 13.8. The summed E-state index contributed by atoms with van der Waals surface area (Å²) in [5.74, 6) is -0.194. The van der Waals surface area contributed by atoms with Gasteiger partial charge in [-0.1, -0.05) is 34.1 Å². The number of methoxy groups -OCH3 is 1. The number of benzene rings is 2. The van der Waals surface area contributed by atoms with E-state index in [2.05, 4.69) is 15.9 Å². The highest BCUT2D eigenvalue weighted by Gasteiger charge is 2.25. The summed E-state index contributed by atoms with van der Waals surface area (Å²) < 4.78 is 19.6. The quantitative estimate of drug-likeness (QED) is 0.931. The lowest BCUT2D eigenvalue weighted by Crippen LogP contribution is -2.34. The van der Waals surface area contributed by atoms with E-state index in [4.69, 9.17) is 10.5 Å². The SMILES string of the molecule is COc1ccc(C(C)(N)c2cccc(Br)c2)cc1F. The van der Waals surface area contributed by atoms with Crippen LogP contribution in [0.5, 0.6) is 5.75 Å². The Kier molecular flexibility index (Phi) is 3.92. The third kappa shape index (κ3) is 2.80. The van der Waals surface area contributed by atoms with Gasteiger partial charge in [0, 0.05) is 4.47 Å². The molecule has 0 radical (unpaired) electrons. The van der Waals surface area contributed by atoms with Gasteiger partial charge in [-0.2, -0.15) is 0 Å². The van der Waals surface area contributed by atoms with Crippen molar-refractivity contribution in [3.8, 4) is 5.75 Å². The van der Waals surface area contributed by atoms with Gasteiger partial charge in [0.05, 0.1) is 12.6 Å². The summed E-state index contributed by atoms with van der Waals surface area (Å²) in [6.07, 6.45) is 0. The second-order valence-electron chi connectivity index (χ2n) is 4.56. The lowest BCUT2D eigenvalue weighted by molar-refractivity contribution is 0.385. The number of hydrogen-bond donors (Lipinski definition) is 1. The van der Waals surface area contributed by atoms with Gasteiger partial charge in [-0.25, -0.2) is 4.39 Å². The average Bonchev–Trinajstić information content (AvgIpc) is 2.38. The predicted octanol–water partition coefficient (Wildman–Crippen LogP) is 3.82. The maximum Gasteiger partial charge on any atom is 0.165 e. The molecule has 19 heavy (non-hydrogen) atoms. The number of hydrogen-bond acceptors (Lipinski definition) is 2. The molecule has 0 aliphatic carbocycles. The standard InChI is InChI=1S/C15H15BrFNO/c1-15(18,10-4-3-5-12(16)8-10)11-6-7-14(19-2)13(17)9-11/h3-9H,18H2,1-2H3. The van der Waals surface area contributed by atoms with E-state index in [9.17, 15) is 4.39 Å². The third-order valence-electron chi connectivity index (χ3n) is 3.18. The van der Waals surface area contributed by atoms with Crippen molar-refractivity contribution in [2.75, 3.05) is 7.11 Å². The van der Waals surface area contributed by atoms with Gasteiger partial charge >= 0.3 is 0 Å². The van der Waals surface area contributed by atoms with Gasteiger partial charge in [-0.3, -0.25) is 0 Å². The van der Waals surface area contributed by atoms with Crippen LogP contribution in [0.3, 0.4) is 0 Å². The Labute approximate surface area is 120 Å². The summed E-state index contributed by atoms with van der Waals surface area (Å²) >= 11 is 3.41. The molecule has 0 amide bonds. The fraction of sp³-hybridized carbons (Fsp3) is 0.200. The van der Waals surface area contributed by atoms with Crippen LogP contribution in [0, 0.1) is 5.82 Å². The van der Waals surface area contributed by atoms with E-state index in [0.29, 0.717) is 5.56 Å². The maximum absolute atomic E-state index is 13.8. The Morgan fingerprint density at radius 1 is 1.16 bits per heavy atom. The normalized spacial score (nSPS) is 13.9. The second-order valence-corrected chi connectivity index (χ2v) is 5.48. The lowest BCUT2D eigenvalue weighted by atomic mass is 9.85. The van der Waals surface area contributed by atoms with Gasteiger partial charge in [0.25, 0.3) is 0 Å². The van der Waals surface area contributed by atoms with Crippen LogP contribution in [-0.4, -0.2) is 7.11 Å². The van der Waals surface area contributed by atoms with Gasteiger partial charge < -0.3 is 10.5 Å². The molecule has 0 aliphatic rings. The summed E-state index contributed by atoms with van der Waals surface area (Å²) in [6, 6.07) is 12.5. The zero-order chi connectivity index (χ0) is 14.0. The molecular formula is C15H15BrFNO. The Bertz CT molecular complexity index is 598. The van der Waals surface area contributed by atoms with Crippen LogP contribution in [0.25, 0.3) is 0 Å². The van der Waals surface area contributed by atoms with Crippen molar-refractivity contribution in [1.82, 2.24) is 0 Å². The Morgan fingerprint density at radius 2 is 1.84 bits per heavy atom. The summed E-state index contributed by atoms with van der Waals surface area (Å²) in [6.45, 7) is 1.86. The predicted molar refractivity (Wildman–Crippen MR) is 77.7 cm³/mol. The van der Waals surface area contributed by atoms with E-state index in [-0.39, 0.29) is 5.75 Å². The zero-order valence-corrected chi connectivity index (χ0v) is 12.4. The van der Waals surface area contributed by atoms with E-state index >= 15 is 0 Å². The molecule has 0 spiro atoms. The first-order valence-corrected chi connectivity index (χ1v) is 6.63. The molecule has 2 N–H and O–H groups in total. The monoisotopic (exact) mass is 323 g/mol. The fourth-order valence-corrected chi connectivity index (χ4v) is 2.37. The molecular weight excluding hydrogens is 309 g/mol. The van der Waals surface area contributed by atoms with Gasteiger partial charge in [0.15, 0.2) is 11.6 Å². The molecule has 1 atom stereocenters. The highest BCUT2D eigenvalue weighted by Crippen LogP contribution is 2.30. The topological polar surface area (TPSA) is 35.2 Å². The summed E-state index contributed by atoms with van der Waals surface area (Å²) in [4.78, 5) is 0. The molecule has 0 saturated heterocycles. The van der Waals surface area contributed by atoms with Crippen molar-refractivity contribution in [2.24, 2.45) is 5.73 Å². The van der Waals surface area contributed by atoms with Gasteiger partial charge in [0.2, 0.25) is 0 Å². The van der Waals surface area contributed by atoms with E-state index < -0.39 is 11.4 Å². The molecule has 0 saturated carbocycles. The molecule has 0 bridgehead atoms. The van der Waals surface area contributed by atoms with Gasteiger partial charge in [0.1, 0.15) is 0 Å². The van der Waals surface area contributed by atoms with Crippen LogP contribution in [-0.2, 0) is 5.54 Å². The molecule has 2 rings (SSSR count). The first kappa shape index (κ1) is 14.0. The fourth-order valence-electron chi connectivity index (χ4n) is 1.97. The zero-order valence-electron chi connectivity index (χ0n) is 10.8. The van der Waals surface area contributed by atoms with E-state index in [1.807, 2.05) is 31.2 Å². The first-order chi connectivity index (χ1) is 8.95. The molecule has 0 fully saturated rings. The lowest BCUT2D eigenvalue weighted by Gasteiger charge is -2.26. The van der Waals surface area contributed by atoms with Crippen LogP contribution in [0.15, 0.2) is 46.9 Å². The number of rotatable bonds is 3. The average molecular weight is 324 g/mol. The minimum atomic E-state index is -0.767. The molecule has 0 heterocycles. The molecule has 100 valence electrons. The van der Waals surface area contributed by atoms with Crippen LogP contribution in [0.1, 0.15) is 18.1 Å². The van der Waals surface area contributed by atoms with Crippen LogP contribution < -0.4 is 10.5 Å². The van der Waals surface area contributed by atoms with E-state index in [1.54, 1.807) is 12.1 Å². The summed E-state index contributed by atoms with van der Waals surface area (Å²) in [7, 11) is 1.44. The van der Waals surface area contributed by atoms with E-state index in [1.165, 1.54) is 13.2 Å². The van der Waals surface area contributed by atoms with E-state index in [0.717, 1.165) is 10.0 Å². The van der Waals surface area contributed by atoms with Crippen molar-refractivity contribution in [3.05, 3.63) is 63.9 Å². The van der Waals surface area contributed by atoms with Crippen molar-refractivity contribution >= 4 is 15.9 Å². The molecule has 4 heteroatoms. The molecule has 2 nitrogen and oxygen atoms in total. The van der Waals surface area contributed by atoms with Gasteiger partial charge in [-0.05, 0) is 42.3 Å². The van der Waals surface area contributed by atoms with Crippen molar-refractivity contribution < 1.29 is 9.13 Å². The number of halogens is 2. The summed E-state index contributed by atoms with van der Waals surface area (Å²) in [5.41, 5.74) is 7.20. The molecule has 1 unspecified atom stereocenters. The number of nitrogens with two attached hydrogens (primary N) is 1. The second kappa shape index (κ2) is 5.31. The minimum absolute atomic E-state index is 0.216. The first-order valence-electron chi connectivity index (χ1n) is 5.84. The minimum Gasteiger partial charge on any atom is -0.494 e. The Morgan fingerprint density at radius 3 is 2.42 bits per heavy atom. The van der Waals surface area contributed by atoms with Crippen LogP contribution in [0.4, 0.5) is 4.39 Å². The highest BCUT2D eigenvalue weighted by molar-refractivity contribution is 9.10. The molecule has 0 aromatic heterocycles. The largest absolute Gasteiger partial charge is 0.494 e. The van der Waals surface area contributed by atoms with Crippen LogP contribution in [0.2, 0.25) is 0 Å². The number of ether oxygens (including phenoxy) is 1. The van der Waals surface area contributed by atoms with Crippen LogP contribution >= 0.6 is 15.9 Å². The molecule has 2 aromatic rings. The van der Waals surface area contributed by atoms with Crippen molar-refractivity contribution in [2.45, 2.75) is 12.5 Å². The Balaban J connectivity index is 2.47. The molecule has 0 aliphatic heterocycles. The summed E-state index contributed by atoms with van der Waals surface area (Å²) in [5, 5.41) is 0.